The number of amides is 1. The number of para-hydroxylation sites is 1. The predicted octanol–water partition coefficient (Wildman–Crippen LogP) is 3.58. The number of hydrogen-bond acceptors (Lipinski definition) is 4. The Morgan fingerprint density at radius 3 is 2.37 bits per heavy atom. The number of carbonyl (C=O) groups excluding carboxylic acids is 2. The molecule has 2 aromatic carbocycles. The lowest BCUT2D eigenvalue weighted by molar-refractivity contribution is -0.156. The quantitative estimate of drug-likeness (QED) is 0.719. The molecule has 0 unspecified atom stereocenters. The van der Waals surface area contributed by atoms with Crippen LogP contribution in [0.15, 0.2) is 48.5 Å². The van der Waals surface area contributed by atoms with Crippen LogP contribution in [0.1, 0.15) is 37.8 Å². The van der Waals surface area contributed by atoms with Crippen LogP contribution in [0.3, 0.4) is 0 Å². The zero-order chi connectivity index (χ0) is 19.8. The second-order valence-corrected chi connectivity index (χ2v) is 6.46. The summed E-state index contributed by atoms with van der Waals surface area (Å²) in [4.78, 5) is 24.0. The predicted molar refractivity (Wildman–Crippen MR) is 99.8 cm³/mol. The second kappa shape index (κ2) is 9.71. The van der Waals surface area contributed by atoms with Gasteiger partial charge in [0.15, 0.2) is 12.7 Å². The average Bonchev–Trinajstić information content (AvgIpc) is 2.65. The fourth-order valence-corrected chi connectivity index (χ4v) is 2.45. The van der Waals surface area contributed by atoms with E-state index in [4.69, 9.17) is 9.47 Å². The van der Waals surface area contributed by atoms with E-state index < -0.39 is 18.0 Å². The summed E-state index contributed by atoms with van der Waals surface area (Å²) in [5.41, 5.74) is 1.74. The van der Waals surface area contributed by atoms with Gasteiger partial charge in [-0.2, -0.15) is 0 Å². The smallest absolute Gasteiger partial charge is 0.344 e. The lowest BCUT2D eigenvalue weighted by Crippen LogP contribution is -2.36. The molecule has 0 aromatic heterocycles. The van der Waals surface area contributed by atoms with Crippen LogP contribution in [0, 0.1) is 5.82 Å². The standard InChI is InChI=1S/C21H24FNO4/c1-14(2)18-6-4-5-7-19(18)26-13-20(24)27-15(3)21(25)23-12-16-8-10-17(22)11-9-16/h4-11,14-15H,12-13H2,1-3H3,(H,23,25)/t15-/m1/s1. The number of hydrogen-bond donors (Lipinski definition) is 1. The summed E-state index contributed by atoms with van der Waals surface area (Å²) >= 11 is 0. The van der Waals surface area contributed by atoms with Gasteiger partial charge in [-0.05, 0) is 42.2 Å². The summed E-state index contributed by atoms with van der Waals surface area (Å²) in [7, 11) is 0. The number of halogens is 1. The summed E-state index contributed by atoms with van der Waals surface area (Å²) in [6, 6.07) is 13.3. The number of esters is 1. The van der Waals surface area contributed by atoms with Crippen molar-refractivity contribution in [2.75, 3.05) is 6.61 Å². The Balaban J connectivity index is 1.79. The van der Waals surface area contributed by atoms with Gasteiger partial charge in [0.25, 0.3) is 5.91 Å². The molecule has 0 spiro atoms. The Labute approximate surface area is 158 Å². The minimum absolute atomic E-state index is 0.221. The molecule has 1 atom stereocenters. The lowest BCUT2D eigenvalue weighted by atomic mass is 10.0. The Morgan fingerprint density at radius 1 is 1.04 bits per heavy atom. The molecule has 1 N–H and O–H groups in total. The van der Waals surface area contributed by atoms with Crippen molar-refractivity contribution in [1.29, 1.82) is 0 Å². The SMILES string of the molecule is CC(C)c1ccccc1OCC(=O)O[C@H](C)C(=O)NCc1ccc(F)cc1. The molecule has 2 rings (SSSR count). The molecule has 0 aliphatic carbocycles. The van der Waals surface area contributed by atoms with E-state index in [9.17, 15) is 14.0 Å². The number of nitrogens with one attached hydrogen (secondary N) is 1. The molecule has 0 aliphatic rings. The molecule has 0 saturated carbocycles. The largest absolute Gasteiger partial charge is 0.482 e. The van der Waals surface area contributed by atoms with E-state index in [2.05, 4.69) is 5.32 Å². The van der Waals surface area contributed by atoms with E-state index in [1.54, 1.807) is 18.2 Å². The second-order valence-electron chi connectivity index (χ2n) is 6.46. The fourth-order valence-electron chi connectivity index (χ4n) is 2.45. The van der Waals surface area contributed by atoms with E-state index in [1.165, 1.54) is 19.1 Å². The molecular formula is C21H24FNO4. The first-order valence-electron chi connectivity index (χ1n) is 8.80. The molecular weight excluding hydrogens is 349 g/mol. The van der Waals surface area contributed by atoms with E-state index in [-0.39, 0.29) is 24.9 Å². The topological polar surface area (TPSA) is 64.6 Å². The average molecular weight is 373 g/mol. The minimum atomic E-state index is -0.957. The summed E-state index contributed by atoms with van der Waals surface area (Å²) < 4.78 is 23.5. The number of carbonyl (C=O) groups is 2. The molecule has 0 aliphatic heterocycles. The molecule has 6 heteroatoms. The van der Waals surface area contributed by atoms with Crippen molar-refractivity contribution in [2.24, 2.45) is 0 Å². The number of ether oxygens (including phenoxy) is 2. The Kier molecular flexibility index (Phi) is 7.34. The minimum Gasteiger partial charge on any atom is -0.482 e. The fraction of sp³-hybridized carbons (Fsp3) is 0.333. The maximum absolute atomic E-state index is 12.9. The molecule has 144 valence electrons. The first kappa shape index (κ1) is 20.4. The first-order valence-corrected chi connectivity index (χ1v) is 8.80. The molecule has 5 nitrogen and oxygen atoms in total. The number of benzene rings is 2. The normalized spacial score (nSPS) is 11.7. The molecule has 1 amide bonds. The van der Waals surface area contributed by atoms with Crippen LogP contribution in [0.5, 0.6) is 5.75 Å². The van der Waals surface area contributed by atoms with Crippen molar-refractivity contribution < 1.29 is 23.5 Å². The van der Waals surface area contributed by atoms with Crippen LogP contribution in [-0.2, 0) is 20.9 Å². The summed E-state index contributed by atoms with van der Waals surface area (Å²) in [5, 5.41) is 2.64. The van der Waals surface area contributed by atoms with E-state index in [1.807, 2.05) is 32.0 Å². The molecule has 27 heavy (non-hydrogen) atoms. The van der Waals surface area contributed by atoms with Gasteiger partial charge in [-0.1, -0.05) is 44.2 Å². The molecule has 0 fully saturated rings. The summed E-state index contributed by atoms with van der Waals surface area (Å²) in [6.45, 7) is 5.50. The van der Waals surface area contributed by atoms with E-state index >= 15 is 0 Å². The third-order valence-corrected chi connectivity index (χ3v) is 3.94. The Morgan fingerprint density at radius 2 is 1.70 bits per heavy atom. The summed E-state index contributed by atoms with van der Waals surface area (Å²) in [6.07, 6.45) is -0.957. The highest BCUT2D eigenvalue weighted by molar-refractivity contribution is 5.83. The molecule has 0 bridgehead atoms. The highest BCUT2D eigenvalue weighted by Gasteiger charge is 2.18. The monoisotopic (exact) mass is 373 g/mol. The van der Waals surface area contributed by atoms with Crippen molar-refractivity contribution in [1.82, 2.24) is 5.32 Å². The maximum atomic E-state index is 12.9. The van der Waals surface area contributed by atoms with E-state index in [0.717, 1.165) is 11.1 Å². The van der Waals surface area contributed by atoms with Crippen molar-refractivity contribution >= 4 is 11.9 Å². The van der Waals surface area contributed by atoms with Crippen molar-refractivity contribution in [2.45, 2.75) is 39.3 Å². The van der Waals surface area contributed by atoms with Crippen molar-refractivity contribution in [3.05, 3.63) is 65.5 Å². The van der Waals surface area contributed by atoms with Gasteiger partial charge in [0.1, 0.15) is 11.6 Å². The van der Waals surface area contributed by atoms with Gasteiger partial charge >= 0.3 is 5.97 Å². The highest BCUT2D eigenvalue weighted by Crippen LogP contribution is 2.25. The Bertz CT molecular complexity index is 774. The highest BCUT2D eigenvalue weighted by atomic mass is 19.1. The lowest BCUT2D eigenvalue weighted by Gasteiger charge is -2.16. The zero-order valence-corrected chi connectivity index (χ0v) is 15.7. The molecule has 0 radical (unpaired) electrons. The summed E-state index contributed by atoms with van der Waals surface area (Å²) in [5.74, 6) is -0.522. The van der Waals surface area contributed by atoms with Crippen LogP contribution in [-0.4, -0.2) is 24.6 Å². The van der Waals surface area contributed by atoms with Gasteiger partial charge in [0, 0.05) is 6.54 Å². The molecule has 0 saturated heterocycles. The van der Waals surface area contributed by atoms with Gasteiger partial charge in [-0.3, -0.25) is 4.79 Å². The van der Waals surface area contributed by atoms with Crippen LogP contribution in [0.4, 0.5) is 4.39 Å². The Hall–Kier alpha value is -2.89. The third-order valence-electron chi connectivity index (χ3n) is 3.94. The first-order chi connectivity index (χ1) is 12.9. The van der Waals surface area contributed by atoms with Crippen LogP contribution < -0.4 is 10.1 Å². The van der Waals surface area contributed by atoms with Gasteiger partial charge in [0.2, 0.25) is 0 Å². The third kappa shape index (κ3) is 6.40. The van der Waals surface area contributed by atoms with Crippen molar-refractivity contribution in [3.8, 4) is 5.75 Å². The van der Waals surface area contributed by atoms with Gasteiger partial charge in [-0.15, -0.1) is 0 Å². The molecule has 0 heterocycles. The van der Waals surface area contributed by atoms with E-state index in [0.29, 0.717) is 5.75 Å². The maximum Gasteiger partial charge on any atom is 0.344 e. The van der Waals surface area contributed by atoms with Crippen molar-refractivity contribution in [3.63, 3.8) is 0 Å². The van der Waals surface area contributed by atoms with Gasteiger partial charge < -0.3 is 14.8 Å². The van der Waals surface area contributed by atoms with Crippen LogP contribution in [0.2, 0.25) is 0 Å². The van der Waals surface area contributed by atoms with Crippen LogP contribution in [0.25, 0.3) is 0 Å². The van der Waals surface area contributed by atoms with Gasteiger partial charge in [0.05, 0.1) is 0 Å². The zero-order valence-electron chi connectivity index (χ0n) is 15.7. The van der Waals surface area contributed by atoms with Gasteiger partial charge in [-0.25, -0.2) is 9.18 Å². The van der Waals surface area contributed by atoms with Crippen LogP contribution >= 0.6 is 0 Å². The molecule has 2 aromatic rings. The number of rotatable bonds is 8.